The monoisotopic (exact) mass is 809 g/mol. The second-order valence-corrected chi connectivity index (χ2v) is 16.0. The van der Waals surface area contributed by atoms with E-state index in [2.05, 4.69) is 150 Å². The molecule has 0 fully saturated rings. The molecule has 63 heavy (non-hydrogen) atoms. The fraction of sp³-hybridized carbons (Fsp3) is 0.0179. The van der Waals surface area contributed by atoms with Crippen molar-refractivity contribution < 1.29 is 8.83 Å². The van der Waals surface area contributed by atoms with Gasteiger partial charge in [0.15, 0.2) is 11.6 Å². The fourth-order valence-electron chi connectivity index (χ4n) is 9.69. The Morgan fingerprint density at radius 2 is 1.10 bits per heavy atom. The van der Waals surface area contributed by atoms with Gasteiger partial charge in [0.05, 0.1) is 27.8 Å². The van der Waals surface area contributed by atoms with Crippen LogP contribution in [0.4, 0.5) is 0 Å². The van der Waals surface area contributed by atoms with Gasteiger partial charge in [-0.25, -0.2) is 4.98 Å². The molecule has 0 saturated carbocycles. The zero-order chi connectivity index (χ0) is 41.8. The summed E-state index contributed by atoms with van der Waals surface area (Å²) >= 11 is 0. The quantitative estimate of drug-likeness (QED) is 0.156. The molecular formula is C56H35N5O2. The van der Waals surface area contributed by atoms with Gasteiger partial charge >= 0.3 is 0 Å². The largest absolute Gasteiger partial charge is 0.456 e. The van der Waals surface area contributed by atoms with Crippen LogP contribution in [0.25, 0.3) is 128 Å². The van der Waals surface area contributed by atoms with Crippen molar-refractivity contribution in [2.45, 2.75) is 6.92 Å². The molecule has 0 aliphatic rings. The maximum absolute atomic E-state index is 6.64. The van der Waals surface area contributed by atoms with E-state index in [1.165, 1.54) is 5.39 Å². The SMILES string of the molecule is C=C/C=C\c1c(C)n(-c2nc(-c3cc4oc5ccccc5c4cc3-n3c4ccccc4c4cc5ccccc5cc43)nc(-c3cccc4c3oc3ccccc34)n2)c2ccccc12. The summed E-state index contributed by atoms with van der Waals surface area (Å²) in [7, 11) is 0. The summed E-state index contributed by atoms with van der Waals surface area (Å²) in [5.41, 5.74) is 10.7. The number of fused-ring (bicyclic) bond motifs is 11. The van der Waals surface area contributed by atoms with E-state index in [9.17, 15) is 0 Å². The van der Waals surface area contributed by atoms with Crippen molar-refractivity contribution in [2.24, 2.45) is 0 Å². The second-order valence-electron chi connectivity index (χ2n) is 16.0. The number of furan rings is 2. The first-order valence-corrected chi connectivity index (χ1v) is 21.1. The Morgan fingerprint density at radius 1 is 0.476 bits per heavy atom. The third kappa shape index (κ3) is 5.23. The molecule has 13 rings (SSSR count). The van der Waals surface area contributed by atoms with E-state index in [1.54, 1.807) is 6.08 Å². The van der Waals surface area contributed by atoms with Gasteiger partial charge in [0.1, 0.15) is 22.3 Å². The lowest BCUT2D eigenvalue weighted by molar-refractivity contribution is 0.668. The third-order valence-corrected chi connectivity index (χ3v) is 12.5. The molecule has 0 aliphatic heterocycles. The van der Waals surface area contributed by atoms with Crippen LogP contribution in [0.3, 0.4) is 0 Å². The molecule has 0 atom stereocenters. The molecule has 0 saturated heterocycles. The Hall–Kier alpha value is -8.55. The van der Waals surface area contributed by atoms with Gasteiger partial charge in [0.2, 0.25) is 5.95 Å². The van der Waals surface area contributed by atoms with Gasteiger partial charge in [-0.05, 0) is 72.3 Å². The molecule has 7 heteroatoms. The smallest absolute Gasteiger partial charge is 0.238 e. The Morgan fingerprint density at radius 3 is 1.87 bits per heavy atom. The first-order valence-electron chi connectivity index (χ1n) is 21.1. The van der Waals surface area contributed by atoms with Crippen LogP contribution < -0.4 is 0 Å². The molecule has 0 amide bonds. The van der Waals surface area contributed by atoms with E-state index >= 15 is 0 Å². The van der Waals surface area contributed by atoms with Crippen LogP contribution in [0.1, 0.15) is 11.3 Å². The van der Waals surface area contributed by atoms with E-state index in [0.717, 1.165) is 104 Å². The minimum Gasteiger partial charge on any atom is -0.456 e. The summed E-state index contributed by atoms with van der Waals surface area (Å²) in [6.45, 7) is 6.06. The number of hydrogen-bond acceptors (Lipinski definition) is 5. The van der Waals surface area contributed by atoms with E-state index in [4.69, 9.17) is 23.8 Å². The molecule has 8 aromatic carbocycles. The molecule has 0 bridgehead atoms. The summed E-state index contributed by atoms with van der Waals surface area (Å²) in [4.78, 5) is 16.3. The number of benzene rings is 8. The molecule has 5 aromatic heterocycles. The summed E-state index contributed by atoms with van der Waals surface area (Å²) in [5, 5.41) is 9.81. The Labute approximate surface area is 360 Å². The highest BCUT2D eigenvalue weighted by Crippen LogP contribution is 2.43. The van der Waals surface area contributed by atoms with Gasteiger partial charge < -0.3 is 13.4 Å². The highest BCUT2D eigenvalue weighted by atomic mass is 16.3. The summed E-state index contributed by atoms with van der Waals surface area (Å²) in [5.74, 6) is 1.47. The minimum absolute atomic E-state index is 0.485. The minimum atomic E-state index is 0.485. The maximum atomic E-state index is 6.64. The van der Waals surface area contributed by atoms with Gasteiger partial charge in [-0.2, -0.15) is 9.97 Å². The molecule has 0 radical (unpaired) electrons. The normalized spacial score (nSPS) is 12.2. The van der Waals surface area contributed by atoms with Crippen LogP contribution in [0, 0.1) is 6.92 Å². The van der Waals surface area contributed by atoms with Gasteiger partial charge in [-0.15, -0.1) is 0 Å². The summed E-state index contributed by atoms with van der Waals surface area (Å²) in [6, 6.07) is 57.0. The van der Waals surface area contributed by atoms with Crippen molar-refractivity contribution >= 4 is 93.4 Å². The van der Waals surface area contributed by atoms with E-state index < -0.39 is 0 Å². The van der Waals surface area contributed by atoms with Crippen molar-refractivity contribution in [3.8, 4) is 34.4 Å². The van der Waals surface area contributed by atoms with Crippen LogP contribution in [0.2, 0.25) is 0 Å². The number of nitrogens with zero attached hydrogens (tertiary/aromatic N) is 5. The standard InChI is InChI=1S/C56H35N5O2/c1-3-4-18-36-33(2)60(46-25-11-7-19-37(36)46)56-58-54(42-24-15-23-41-39-21-9-14-28-51(39)63-53(41)42)57-55(59-56)45-32-52-44(40-22-10-13-27-50(40)62-52)31-49(45)61-47-26-12-8-20-38(47)43-29-34-16-5-6-17-35(34)30-48(43)61/h3-32H,1H2,2H3/b18-4-. The third-order valence-electron chi connectivity index (χ3n) is 12.5. The Bertz CT molecular complexity index is 4080. The van der Waals surface area contributed by atoms with Gasteiger partial charge in [-0.3, -0.25) is 4.57 Å². The van der Waals surface area contributed by atoms with E-state index in [-0.39, 0.29) is 0 Å². The maximum Gasteiger partial charge on any atom is 0.238 e. The summed E-state index contributed by atoms with van der Waals surface area (Å²) in [6.07, 6.45) is 5.86. The molecular weight excluding hydrogens is 775 g/mol. The topological polar surface area (TPSA) is 74.8 Å². The first-order chi connectivity index (χ1) is 31.1. The van der Waals surface area contributed by atoms with Crippen LogP contribution in [-0.2, 0) is 0 Å². The first kappa shape index (κ1) is 35.2. The average Bonchev–Trinajstić information content (AvgIpc) is 4.06. The zero-order valence-corrected chi connectivity index (χ0v) is 34.1. The molecule has 7 nitrogen and oxygen atoms in total. The molecule has 0 N–H and O–H groups in total. The molecule has 0 spiro atoms. The second kappa shape index (κ2) is 13.5. The predicted molar refractivity (Wildman–Crippen MR) is 258 cm³/mol. The zero-order valence-electron chi connectivity index (χ0n) is 34.1. The van der Waals surface area contributed by atoms with Crippen molar-refractivity contribution in [1.82, 2.24) is 24.1 Å². The summed E-state index contributed by atoms with van der Waals surface area (Å²) < 4.78 is 17.8. The number of allylic oxidation sites excluding steroid dienone is 2. The van der Waals surface area contributed by atoms with Crippen LogP contribution >= 0.6 is 0 Å². The molecule has 5 heterocycles. The van der Waals surface area contributed by atoms with Gasteiger partial charge in [0, 0.05) is 54.5 Å². The number of hydrogen-bond donors (Lipinski definition) is 0. The van der Waals surface area contributed by atoms with Crippen LogP contribution in [0.15, 0.2) is 191 Å². The number of para-hydroxylation sites is 5. The molecule has 13 aromatic rings. The molecule has 296 valence electrons. The Balaban J connectivity index is 1.18. The lowest BCUT2D eigenvalue weighted by Gasteiger charge is -2.16. The van der Waals surface area contributed by atoms with E-state index in [1.807, 2.05) is 48.5 Å². The van der Waals surface area contributed by atoms with Gasteiger partial charge in [-0.1, -0.05) is 134 Å². The van der Waals surface area contributed by atoms with Crippen molar-refractivity contribution in [1.29, 1.82) is 0 Å². The molecule has 0 aliphatic carbocycles. The van der Waals surface area contributed by atoms with Gasteiger partial charge in [0.25, 0.3) is 0 Å². The lowest BCUT2D eigenvalue weighted by atomic mass is 10.1. The fourth-order valence-corrected chi connectivity index (χ4v) is 9.69. The lowest BCUT2D eigenvalue weighted by Crippen LogP contribution is -2.09. The van der Waals surface area contributed by atoms with Crippen molar-refractivity contribution in [3.63, 3.8) is 0 Å². The number of aromatic nitrogens is 5. The van der Waals surface area contributed by atoms with E-state index in [0.29, 0.717) is 23.2 Å². The Kier molecular flexibility index (Phi) is 7.54. The average molecular weight is 810 g/mol. The van der Waals surface area contributed by atoms with Crippen molar-refractivity contribution in [3.05, 3.63) is 194 Å². The van der Waals surface area contributed by atoms with Crippen LogP contribution in [0.5, 0.6) is 0 Å². The molecule has 0 unspecified atom stereocenters. The highest BCUT2D eigenvalue weighted by molar-refractivity contribution is 6.15. The highest BCUT2D eigenvalue weighted by Gasteiger charge is 2.25. The van der Waals surface area contributed by atoms with Crippen molar-refractivity contribution in [2.75, 3.05) is 0 Å². The predicted octanol–water partition coefficient (Wildman–Crippen LogP) is 14.7. The van der Waals surface area contributed by atoms with Crippen LogP contribution in [-0.4, -0.2) is 24.1 Å². The number of rotatable bonds is 6.